The maximum atomic E-state index is 6.32. The van der Waals surface area contributed by atoms with Gasteiger partial charge in [0.2, 0.25) is 0 Å². The van der Waals surface area contributed by atoms with Crippen LogP contribution < -0.4 is 5.32 Å². The van der Waals surface area contributed by atoms with E-state index in [-0.39, 0.29) is 0 Å². The van der Waals surface area contributed by atoms with E-state index in [2.05, 4.69) is 25.2 Å². The Morgan fingerprint density at radius 3 is 2.63 bits per heavy atom. The highest BCUT2D eigenvalue weighted by Crippen LogP contribution is 2.47. The highest BCUT2D eigenvalue weighted by molar-refractivity contribution is 6.35. The quantitative estimate of drug-likeness (QED) is 0.702. The molecule has 1 aliphatic carbocycles. The van der Waals surface area contributed by atoms with Crippen LogP contribution in [0, 0.1) is 11.3 Å². The lowest BCUT2D eigenvalue weighted by atomic mass is 9.79. The Labute approximate surface area is 126 Å². The summed E-state index contributed by atoms with van der Waals surface area (Å²) in [5, 5.41) is 5.09. The molecule has 3 heteroatoms. The molecule has 1 aromatic carbocycles. The highest BCUT2D eigenvalue weighted by Gasteiger charge is 2.41. The molecule has 2 rings (SSSR count). The van der Waals surface area contributed by atoms with Crippen LogP contribution in [-0.4, -0.2) is 13.1 Å². The van der Waals surface area contributed by atoms with Crippen LogP contribution in [0.2, 0.25) is 10.0 Å². The minimum absolute atomic E-state index is 0.312. The fraction of sp³-hybridized carbons (Fsp3) is 0.625. The molecule has 1 atom stereocenters. The summed E-state index contributed by atoms with van der Waals surface area (Å²) in [5.41, 5.74) is 1.53. The molecule has 0 spiro atoms. The van der Waals surface area contributed by atoms with Crippen molar-refractivity contribution in [2.45, 2.75) is 39.5 Å². The fourth-order valence-electron chi connectivity index (χ4n) is 2.78. The summed E-state index contributed by atoms with van der Waals surface area (Å²) in [7, 11) is 0. The maximum Gasteiger partial charge on any atom is 0.0453 e. The summed E-state index contributed by atoms with van der Waals surface area (Å²) in [5.74, 6) is 0.837. The van der Waals surface area contributed by atoms with E-state index in [0.717, 1.165) is 30.5 Å². The largest absolute Gasteiger partial charge is 0.316 e. The van der Waals surface area contributed by atoms with Gasteiger partial charge in [0.1, 0.15) is 0 Å². The number of nitrogens with one attached hydrogen (secondary N) is 1. The summed E-state index contributed by atoms with van der Waals surface area (Å²) in [6, 6.07) is 5.87. The molecule has 1 aromatic rings. The van der Waals surface area contributed by atoms with E-state index < -0.39 is 0 Å². The van der Waals surface area contributed by atoms with Gasteiger partial charge in [0.15, 0.2) is 0 Å². The van der Waals surface area contributed by atoms with Crippen LogP contribution in [0.15, 0.2) is 18.2 Å². The second kappa shape index (κ2) is 6.47. The predicted molar refractivity (Wildman–Crippen MR) is 84.2 cm³/mol. The van der Waals surface area contributed by atoms with E-state index in [1.165, 1.54) is 24.8 Å². The molecule has 1 unspecified atom stereocenters. The minimum atomic E-state index is 0.312. The Balaban J connectivity index is 2.07. The van der Waals surface area contributed by atoms with E-state index >= 15 is 0 Å². The summed E-state index contributed by atoms with van der Waals surface area (Å²) in [4.78, 5) is 0. The SMILES string of the molecule is CCCNCC(C)(Cc1ccc(Cl)cc1Cl)C1CC1. The molecular weight excluding hydrogens is 277 g/mol. The molecule has 0 saturated heterocycles. The molecule has 0 aliphatic heterocycles. The van der Waals surface area contributed by atoms with Crippen molar-refractivity contribution in [3.63, 3.8) is 0 Å². The van der Waals surface area contributed by atoms with Crippen LogP contribution in [0.5, 0.6) is 0 Å². The average Bonchev–Trinajstić information content (AvgIpc) is 3.18. The molecule has 106 valence electrons. The molecule has 0 heterocycles. The van der Waals surface area contributed by atoms with Crippen LogP contribution in [0.1, 0.15) is 38.7 Å². The van der Waals surface area contributed by atoms with Gasteiger partial charge in [0.05, 0.1) is 0 Å². The molecule has 1 N–H and O–H groups in total. The lowest BCUT2D eigenvalue weighted by Gasteiger charge is -2.31. The Kier molecular flexibility index (Phi) is 5.16. The topological polar surface area (TPSA) is 12.0 Å². The monoisotopic (exact) mass is 299 g/mol. The van der Waals surface area contributed by atoms with Gasteiger partial charge in [0.25, 0.3) is 0 Å². The van der Waals surface area contributed by atoms with Gasteiger partial charge in [-0.15, -0.1) is 0 Å². The Morgan fingerprint density at radius 1 is 1.32 bits per heavy atom. The summed E-state index contributed by atoms with van der Waals surface area (Å²) in [6.45, 7) is 6.76. The number of halogens is 2. The third-order valence-corrected chi connectivity index (χ3v) is 4.71. The normalized spacial score (nSPS) is 18.3. The van der Waals surface area contributed by atoms with Crippen molar-refractivity contribution in [2.24, 2.45) is 11.3 Å². The van der Waals surface area contributed by atoms with Crippen LogP contribution in [0.4, 0.5) is 0 Å². The van der Waals surface area contributed by atoms with Gasteiger partial charge in [-0.05, 0) is 61.3 Å². The third-order valence-electron chi connectivity index (χ3n) is 4.13. The first-order valence-corrected chi connectivity index (χ1v) is 7.95. The van der Waals surface area contributed by atoms with Crippen molar-refractivity contribution >= 4 is 23.2 Å². The van der Waals surface area contributed by atoms with Gasteiger partial charge >= 0.3 is 0 Å². The first-order chi connectivity index (χ1) is 9.05. The summed E-state index contributed by atoms with van der Waals surface area (Å²) < 4.78 is 0. The van der Waals surface area contributed by atoms with Crippen molar-refractivity contribution in [1.82, 2.24) is 5.32 Å². The average molecular weight is 300 g/mol. The molecular formula is C16H23Cl2N. The third kappa shape index (κ3) is 4.11. The zero-order valence-corrected chi connectivity index (χ0v) is 13.3. The van der Waals surface area contributed by atoms with Gasteiger partial charge in [0, 0.05) is 16.6 Å². The van der Waals surface area contributed by atoms with Crippen LogP contribution in [0.3, 0.4) is 0 Å². The predicted octanol–water partition coefficient (Wildman–Crippen LogP) is 4.95. The van der Waals surface area contributed by atoms with Crippen LogP contribution in [-0.2, 0) is 6.42 Å². The molecule has 0 amide bonds. The van der Waals surface area contributed by atoms with Crippen LogP contribution >= 0.6 is 23.2 Å². The van der Waals surface area contributed by atoms with Gasteiger partial charge in [-0.1, -0.05) is 43.1 Å². The van der Waals surface area contributed by atoms with Gasteiger partial charge in [-0.3, -0.25) is 0 Å². The summed E-state index contributed by atoms with van der Waals surface area (Å²) in [6.07, 6.45) is 4.93. The zero-order chi connectivity index (χ0) is 13.9. The van der Waals surface area contributed by atoms with Crippen molar-refractivity contribution in [1.29, 1.82) is 0 Å². The number of hydrogen-bond acceptors (Lipinski definition) is 1. The number of rotatable bonds is 7. The van der Waals surface area contributed by atoms with Crippen molar-refractivity contribution in [3.8, 4) is 0 Å². The highest BCUT2D eigenvalue weighted by atomic mass is 35.5. The Morgan fingerprint density at radius 2 is 2.05 bits per heavy atom. The number of benzene rings is 1. The van der Waals surface area contributed by atoms with E-state index in [4.69, 9.17) is 23.2 Å². The van der Waals surface area contributed by atoms with Gasteiger partial charge < -0.3 is 5.32 Å². The van der Waals surface area contributed by atoms with Gasteiger partial charge in [-0.25, -0.2) is 0 Å². The summed E-state index contributed by atoms with van der Waals surface area (Å²) >= 11 is 12.3. The first kappa shape index (κ1) is 15.2. The van der Waals surface area contributed by atoms with Crippen molar-refractivity contribution in [2.75, 3.05) is 13.1 Å². The van der Waals surface area contributed by atoms with E-state index in [0.29, 0.717) is 10.4 Å². The van der Waals surface area contributed by atoms with E-state index in [1.807, 2.05) is 12.1 Å². The number of hydrogen-bond donors (Lipinski definition) is 1. The lowest BCUT2D eigenvalue weighted by Crippen LogP contribution is -2.36. The second-order valence-electron chi connectivity index (χ2n) is 6.02. The molecule has 1 saturated carbocycles. The standard InChI is InChI=1S/C16H23Cl2N/c1-3-8-19-11-16(2,13-5-6-13)10-12-4-7-14(17)9-15(12)18/h4,7,9,13,19H,3,5-6,8,10-11H2,1-2H3. The zero-order valence-electron chi connectivity index (χ0n) is 11.8. The maximum absolute atomic E-state index is 6.32. The molecule has 1 nitrogen and oxygen atoms in total. The first-order valence-electron chi connectivity index (χ1n) is 7.20. The molecule has 0 radical (unpaired) electrons. The smallest absolute Gasteiger partial charge is 0.0453 e. The molecule has 1 aliphatic rings. The van der Waals surface area contributed by atoms with Crippen LogP contribution in [0.25, 0.3) is 0 Å². The fourth-order valence-corrected chi connectivity index (χ4v) is 3.26. The van der Waals surface area contributed by atoms with E-state index in [1.54, 1.807) is 0 Å². The minimum Gasteiger partial charge on any atom is -0.316 e. The Hall–Kier alpha value is -0.240. The Bertz CT molecular complexity index is 429. The molecule has 0 bridgehead atoms. The van der Waals surface area contributed by atoms with Crippen molar-refractivity contribution < 1.29 is 0 Å². The molecule has 19 heavy (non-hydrogen) atoms. The second-order valence-corrected chi connectivity index (χ2v) is 6.86. The molecule has 1 fully saturated rings. The van der Waals surface area contributed by atoms with Crippen molar-refractivity contribution in [3.05, 3.63) is 33.8 Å². The van der Waals surface area contributed by atoms with Gasteiger partial charge in [-0.2, -0.15) is 0 Å². The van der Waals surface area contributed by atoms with E-state index in [9.17, 15) is 0 Å². The lowest BCUT2D eigenvalue weighted by molar-refractivity contribution is 0.256. The molecule has 0 aromatic heterocycles.